The first-order valence-corrected chi connectivity index (χ1v) is 10.1. The summed E-state index contributed by atoms with van der Waals surface area (Å²) < 4.78 is 1.81. The second-order valence-electron chi connectivity index (χ2n) is 7.55. The van der Waals surface area contributed by atoms with Crippen LogP contribution in [0.1, 0.15) is 24.5 Å². The summed E-state index contributed by atoms with van der Waals surface area (Å²) in [6.45, 7) is 4.02. The quantitative estimate of drug-likeness (QED) is 0.411. The van der Waals surface area contributed by atoms with E-state index in [1.54, 1.807) is 4.52 Å². The van der Waals surface area contributed by atoms with Crippen LogP contribution in [0, 0.1) is 0 Å². The van der Waals surface area contributed by atoms with Gasteiger partial charge in [0.2, 0.25) is 0 Å². The summed E-state index contributed by atoms with van der Waals surface area (Å²) in [6.07, 6.45) is 2.33. The van der Waals surface area contributed by atoms with Gasteiger partial charge < -0.3 is 26.2 Å². The molecule has 1 fully saturated rings. The molecule has 0 saturated carbocycles. The minimum atomic E-state index is -1.18. The molecule has 1 aliphatic rings. The van der Waals surface area contributed by atoms with Gasteiger partial charge >= 0.3 is 0 Å². The van der Waals surface area contributed by atoms with Crippen LogP contribution in [0.25, 0.3) is 5.65 Å². The number of rotatable bonds is 7. The summed E-state index contributed by atoms with van der Waals surface area (Å²) in [5, 5.41) is 35.2. The molecule has 0 aliphatic carbocycles. The van der Waals surface area contributed by atoms with Gasteiger partial charge in [-0.2, -0.15) is 9.61 Å². The first kappa shape index (κ1) is 19.6. The molecular formula is C21H28N6O2. The lowest BCUT2D eigenvalue weighted by Gasteiger charge is -2.37. The van der Waals surface area contributed by atoms with Gasteiger partial charge in [0.1, 0.15) is 17.2 Å². The maximum atomic E-state index is 10.8. The minimum Gasteiger partial charge on any atom is -0.389 e. The van der Waals surface area contributed by atoms with E-state index in [1.165, 1.54) is 5.56 Å². The number of aliphatic hydroxyl groups excluding tert-OH is 1. The number of hydrogen-bond donors (Lipinski definition) is 5. The van der Waals surface area contributed by atoms with Crippen molar-refractivity contribution in [3.05, 3.63) is 53.7 Å². The molecule has 8 nitrogen and oxygen atoms in total. The van der Waals surface area contributed by atoms with E-state index >= 15 is 0 Å². The molecule has 5 N–H and O–H groups in total. The van der Waals surface area contributed by atoms with Gasteiger partial charge in [0, 0.05) is 31.3 Å². The van der Waals surface area contributed by atoms with Crippen molar-refractivity contribution in [1.82, 2.24) is 19.9 Å². The van der Waals surface area contributed by atoms with Crippen LogP contribution in [-0.4, -0.2) is 56.2 Å². The molecule has 0 amide bonds. The molecule has 3 aromatic rings. The number of hydrogen-bond acceptors (Lipinski definition) is 7. The second-order valence-corrected chi connectivity index (χ2v) is 7.55. The molecule has 1 aromatic carbocycles. The first-order valence-electron chi connectivity index (χ1n) is 10.1. The number of aromatic nitrogens is 3. The number of fused-ring (bicyclic) bond motifs is 1. The molecule has 4 rings (SSSR count). The second kappa shape index (κ2) is 8.36. The molecule has 29 heavy (non-hydrogen) atoms. The minimum absolute atomic E-state index is 0.229. The number of piperidine rings is 1. The van der Waals surface area contributed by atoms with E-state index in [0.717, 1.165) is 23.4 Å². The summed E-state index contributed by atoms with van der Waals surface area (Å²) in [4.78, 5) is 4.70. The Hall–Kier alpha value is -2.68. The van der Waals surface area contributed by atoms with Gasteiger partial charge in [-0.1, -0.05) is 37.3 Å². The Morgan fingerprint density at radius 3 is 2.86 bits per heavy atom. The van der Waals surface area contributed by atoms with Crippen LogP contribution < -0.4 is 16.0 Å². The van der Waals surface area contributed by atoms with E-state index < -0.39 is 11.7 Å². The standard InChI is InChI=1S/C21H28N6O2/c1-2-16-12-25-27-19(23-11-15-6-4-3-5-7-15)10-18(26-20(16)27)24-14-21(29)8-9-22-13-17(21)28/h3-7,10,12,17,22-23,28-29H,2,8-9,11,13-14H2,1H3,(H,24,26)/t17-,21-/m1/s1. The van der Waals surface area contributed by atoms with E-state index in [9.17, 15) is 10.2 Å². The Morgan fingerprint density at radius 1 is 1.28 bits per heavy atom. The van der Waals surface area contributed by atoms with Crippen molar-refractivity contribution in [2.75, 3.05) is 30.3 Å². The van der Waals surface area contributed by atoms with Crippen LogP contribution in [0.4, 0.5) is 11.6 Å². The van der Waals surface area contributed by atoms with E-state index in [-0.39, 0.29) is 6.54 Å². The highest BCUT2D eigenvalue weighted by molar-refractivity contribution is 5.60. The SMILES string of the molecule is CCc1cnn2c(NCc3ccccc3)cc(NC[C@]3(O)CCNC[C@H]3O)nc12. The van der Waals surface area contributed by atoms with E-state index in [4.69, 9.17) is 4.98 Å². The third-order valence-electron chi connectivity index (χ3n) is 5.51. The lowest BCUT2D eigenvalue weighted by atomic mass is 9.89. The summed E-state index contributed by atoms with van der Waals surface area (Å²) in [5.41, 5.74) is 1.83. The fourth-order valence-electron chi connectivity index (χ4n) is 3.61. The van der Waals surface area contributed by atoms with Crippen molar-refractivity contribution >= 4 is 17.3 Å². The predicted octanol–water partition coefficient (Wildman–Crippen LogP) is 1.40. The lowest BCUT2D eigenvalue weighted by Crippen LogP contribution is -2.57. The Kier molecular flexibility index (Phi) is 5.66. The summed E-state index contributed by atoms with van der Waals surface area (Å²) in [6, 6.07) is 12.1. The molecule has 0 bridgehead atoms. The monoisotopic (exact) mass is 396 g/mol. The topological polar surface area (TPSA) is 107 Å². The van der Waals surface area contributed by atoms with E-state index in [1.807, 2.05) is 30.5 Å². The smallest absolute Gasteiger partial charge is 0.162 e. The molecule has 154 valence electrons. The van der Waals surface area contributed by atoms with Crippen molar-refractivity contribution in [1.29, 1.82) is 0 Å². The first-order chi connectivity index (χ1) is 14.1. The zero-order chi connectivity index (χ0) is 20.3. The zero-order valence-electron chi connectivity index (χ0n) is 16.6. The number of aliphatic hydroxyl groups is 2. The highest BCUT2D eigenvalue weighted by Gasteiger charge is 2.37. The molecule has 0 radical (unpaired) electrons. The van der Waals surface area contributed by atoms with Crippen LogP contribution in [0.5, 0.6) is 0 Å². The van der Waals surface area contributed by atoms with Gasteiger partial charge in [-0.15, -0.1) is 0 Å². The Bertz CT molecular complexity index is 960. The molecule has 1 saturated heterocycles. The van der Waals surface area contributed by atoms with E-state index in [0.29, 0.717) is 31.9 Å². The summed E-state index contributed by atoms with van der Waals surface area (Å²) in [7, 11) is 0. The molecule has 0 spiro atoms. The molecular weight excluding hydrogens is 368 g/mol. The highest BCUT2D eigenvalue weighted by atomic mass is 16.3. The largest absolute Gasteiger partial charge is 0.389 e. The fourth-order valence-corrected chi connectivity index (χ4v) is 3.61. The molecule has 2 aromatic heterocycles. The van der Waals surface area contributed by atoms with Crippen LogP contribution >= 0.6 is 0 Å². The molecule has 3 heterocycles. The number of β-amino-alcohol motifs (C(OH)–C–C–N with tert-alkyl or cyclic N) is 1. The Labute approximate surface area is 170 Å². The predicted molar refractivity (Wildman–Crippen MR) is 113 cm³/mol. The van der Waals surface area contributed by atoms with Crippen LogP contribution in [0.15, 0.2) is 42.6 Å². The fraction of sp³-hybridized carbons (Fsp3) is 0.429. The number of nitrogens with one attached hydrogen (secondary N) is 3. The van der Waals surface area contributed by atoms with Crippen molar-refractivity contribution in [2.45, 2.75) is 38.0 Å². The summed E-state index contributed by atoms with van der Waals surface area (Å²) in [5.74, 6) is 1.46. The van der Waals surface area contributed by atoms with Crippen molar-refractivity contribution in [3.8, 4) is 0 Å². The zero-order valence-corrected chi connectivity index (χ0v) is 16.6. The van der Waals surface area contributed by atoms with Gasteiger partial charge in [0.05, 0.1) is 12.3 Å². The van der Waals surface area contributed by atoms with Crippen molar-refractivity contribution in [2.24, 2.45) is 0 Å². The number of aryl methyl sites for hydroxylation is 1. The van der Waals surface area contributed by atoms with Crippen LogP contribution in [0.3, 0.4) is 0 Å². The van der Waals surface area contributed by atoms with Crippen molar-refractivity contribution in [3.63, 3.8) is 0 Å². The highest BCUT2D eigenvalue weighted by Crippen LogP contribution is 2.23. The molecule has 1 aliphatic heterocycles. The molecule has 2 atom stereocenters. The van der Waals surface area contributed by atoms with Gasteiger partial charge in [-0.3, -0.25) is 0 Å². The Balaban J connectivity index is 1.58. The lowest BCUT2D eigenvalue weighted by molar-refractivity contribution is -0.0820. The average molecular weight is 396 g/mol. The van der Waals surface area contributed by atoms with Crippen LogP contribution in [-0.2, 0) is 13.0 Å². The number of benzene rings is 1. The average Bonchev–Trinajstić information content (AvgIpc) is 3.17. The summed E-state index contributed by atoms with van der Waals surface area (Å²) >= 11 is 0. The number of anilines is 2. The third-order valence-corrected chi connectivity index (χ3v) is 5.51. The third kappa shape index (κ3) is 4.19. The van der Waals surface area contributed by atoms with Gasteiger partial charge in [0.15, 0.2) is 5.65 Å². The van der Waals surface area contributed by atoms with Crippen molar-refractivity contribution < 1.29 is 10.2 Å². The van der Waals surface area contributed by atoms with Gasteiger partial charge in [-0.05, 0) is 24.9 Å². The van der Waals surface area contributed by atoms with Crippen LogP contribution in [0.2, 0.25) is 0 Å². The number of nitrogens with zero attached hydrogens (tertiary/aromatic N) is 3. The molecule has 8 heteroatoms. The van der Waals surface area contributed by atoms with Gasteiger partial charge in [0.25, 0.3) is 0 Å². The molecule has 0 unspecified atom stereocenters. The van der Waals surface area contributed by atoms with Gasteiger partial charge in [-0.25, -0.2) is 4.98 Å². The van der Waals surface area contributed by atoms with E-state index in [2.05, 4.69) is 40.1 Å². The normalized spacial score (nSPS) is 22.0. The maximum absolute atomic E-state index is 10.8. The maximum Gasteiger partial charge on any atom is 0.162 e. The Morgan fingerprint density at radius 2 is 2.10 bits per heavy atom.